The summed E-state index contributed by atoms with van der Waals surface area (Å²) in [5, 5.41) is 6.34. The number of hydrogen-bond donors (Lipinski definition) is 1. The number of benzene rings is 2. The summed E-state index contributed by atoms with van der Waals surface area (Å²) in [4.78, 5) is 12.9. The highest BCUT2D eigenvalue weighted by Gasteiger charge is 2.60. The van der Waals surface area contributed by atoms with Gasteiger partial charge in [0.05, 0.1) is 28.1 Å². The lowest BCUT2D eigenvalue weighted by molar-refractivity contribution is 0.102. The summed E-state index contributed by atoms with van der Waals surface area (Å²) in [6, 6.07) is 10.5. The number of halogens is 1. The predicted octanol–water partition coefficient (Wildman–Crippen LogP) is 3.50. The Kier molecular flexibility index (Phi) is 5.46. The number of aromatic nitrogens is 1. The molecule has 1 saturated heterocycles. The molecule has 0 bridgehead atoms. The van der Waals surface area contributed by atoms with E-state index >= 15 is 0 Å². The lowest BCUT2D eigenvalue weighted by Gasteiger charge is -2.41. The van der Waals surface area contributed by atoms with E-state index in [0.29, 0.717) is 16.8 Å². The van der Waals surface area contributed by atoms with Crippen LogP contribution in [0.3, 0.4) is 0 Å². The molecule has 0 radical (unpaired) electrons. The molecule has 1 unspecified atom stereocenters. The van der Waals surface area contributed by atoms with Gasteiger partial charge in [-0.2, -0.15) is 0 Å². The number of nitrogens with one attached hydrogen (secondary N) is 1. The van der Waals surface area contributed by atoms with Crippen molar-refractivity contribution in [2.75, 3.05) is 21.1 Å². The number of amides is 1. The van der Waals surface area contributed by atoms with Crippen molar-refractivity contribution in [1.82, 2.24) is 5.16 Å². The lowest BCUT2D eigenvalue weighted by atomic mass is 9.70. The highest BCUT2D eigenvalue weighted by atomic mass is 32.2. The van der Waals surface area contributed by atoms with Crippen LogP contribution in [0, 0.1) is 11.7 Å². The second-order valence-electron chi connectivity index (χ2n) is 9.92. The average Bonchev–Trinajstić information content (AvgIpc) is 3.49. The second-order valence-corrected chi connectivity index (χ2v) is 14.0. The Balaban J connectivity index is 1.50. The van der Waals surface area contributed by atoms with E-state index in [1.165, 1.54) is 28.8 Å². The second kappa shape index (κ2) is 8.38. The van der Waals surface area contributed by atoms with Crippen molar-refractivity contribution in [2.45, 2.75) is 42.0 Å². The summed E-state index contributed by atoms with van der Waals surface area (Å²) in [5.74, 6) is -0.823. The summed E-state index contributed by atoms with van der Waals surface area (Å²) in [5.41, 5.74) is 0.612. The molecule has 37 heavy (non-hydrogen) atoms. The fourth-order valence-electron chi connectivity index (χ4n) is 5.79. The first-order valence-electron chi connectivity index (χ1n) is 12.0. The lowest BCUT2D eigenvalue weighted by Crippen LogP contribution is -2.52. The van der Waals surface area contributed by atoms with Crippen molar-refractivity contribution >= 4 is 37.3 Å². The molecule has 1 spiro atoms. The SMILES string of the molecule is O=C(Nc1ccon1)c1ccc2c(c1)C1(CCS(=O)(=O)CC1)C(C1CC1)N2S(=O)(=O)c1ccc(F)cc1. The Morgan fingerprint density at radius 3 is 2.41 bits per heavy atom. The van der Waals surface area contributed by atoms with E-state index in [1.807, 2.05) is 0 Å². The fraction of sp³-hybridized carbons (Fsp3) is 0.360. The van der Waals surface area contributed by atoms with Gasteiger partial charge in [0.15, 0.2) is 5.82 Å². The molecule has 1 atom stereocenters. The van der Waals surface area contributed by atoms with Crippen LogP contribution in [0.15, 0.2) is 64.2 Å². The minimum atomic E-state index is -4.11. The third kappa shape index (κ3) is 4.02. The Morgan fingerprint density at radius 2 is 1.78 bits per heavy atom. The quantitative estimate of drug-likeness (QED) is 0.520. The van der Waals surface area contributed by atoms with Gasteiger partial charge in [-0.25, -0.2) is 21.2 Å². The summed E-state index contributed by atoms with van der Waals surface area (Å²) >= 11 is 0. The van der Waals surface area contributed by atoms with E-state index in [9.17, 15) is 26.0 Å². The molecule has 3 aromatic rings. The van der Waals surface area contributed by atoms with Crippen molar-refractivity contribution in [3.8, 4) is 0 Å². The zero-order valence-corrected chi connectivity index (χ0v) is 21.3. The zero-order chi connectivity index (χ0) is 26.0. The molecule has 1 aromatic heterocycles. The Labute approximate surface area is 213 Å². The molecular formula is C25H24FN3O6S2. The maximum atomic E-state index is 14.0. The summed E-state index contributed by atoms with van der Waals surface area (Å²) in [7, 11) is -7.36. The molecule has 1 saturated carbocycles. The predicted molar refractivity (Wildman–Crippen MR) is 133 cm³/mol. The van der Waals surface area contributed by atoms with Crippen LogP contribution < -0.4 is 9.62 Å². The highest BCUT2D eigenvalue weighted by molar-refractivity contribution is 7.93. The van der Waals surface area contributed by atoms with Gasteiger partial charge in [-0.05, 0) is 79.6 Å². The van der Waals surface area contributed by atoms with E-state index in [2.05, 4.69) is 10.5 Å². The zero-order valence-electron chi connectivity index (χ0n) is 19.6. The largest absolute Gasteiger partial charge is 0.363 e. The summed E-state index contributed by atoms with van der Waals surface area (Å²) < 4.78 is 72.7. The molecule has 2 fully saturated rings. The monoisotopic (exact) mass is 545 g/mol. The average molecular weight is 546 g/mol. The first-order valence-corrected chi connectivity index (χ1v) is 15.2. The van der Waals surface area contributed by atoms with Crippen molar-refractivity contribution in [3.63, 3.8) is 0 Å². The molecule has 3 aliphatic rings. The van der Waals surface area contributed by atoms with E-state index in [4.69, 9.17) is 4.52 Å². The van der Waals surface area contributed by atoms with Crippen LogP contribution in [0.4, 0.5) is 15.9 Å². The Hall–Kier alpha value is -3.25. The highest BCUT2D eigenvalue weighted by Crippen LogP contribution is 2.59. The van der Waals surface area contributed by atoms with Gasteiger partial charge in [0.1, 0.15) is 21.9 Å². The number of carbonyl (C=O) groups excluding carboxylic acids is 1. The molecular weight excluding hydrogens is 521 g/mol. The number of sulfone groups is 1. The van der Waals surface area contributed by atoms with E-state index in [0.717, 1.165) is 25.0 Å². The number of hydrogen-bond acceptors (Lipinski definition) is 7. The summed E-state index contributed by atoms with van der Waals surface area (Å²) in [6.07, 6.45) is 3.49. The molecule has 9 nitrogen and oxygen atoms in total. The third-order valence-electron chi connectivity index (χ3n) is 7.69. The molecule has 6 rings (SSSR count). The number of sulfonamides is 1. The van der Waals surface area contributed by atoms with E-state index in [-0.39, 0.29) is 41.0 Å². The number of anilines is 2. The van der Waals surface area contributed by atoms with Gasteiger partial charge in [0.25, 0.3) is 15.9 Å². The standard InChI is InChI=1S/C25H24FN3O6S2/c26-18-4-6-19(7-5-18)37(33,34)29-21-8-3-17(24(30)27-22-9-12-35-28-22)15-20(21)25(23(29)16-1-2-16)10-13-36(31,32)14-11-25/h3-9,12,15-16,23H,1-2,10-11,13-14H2,(H,27,28,30). The molecule has 2 aliphatic heterocycles. The third-order valence-corrected chi connectivity index (χ3v) is 11.2. The van der Waals surface area contributed by atoms with Crippen molar-refractivity contribution in [2.24, 2.45) is 5.92 Å². The van der Waals surface area contributed by atoms with Crippen LogP contribution in [-0.2, 0) is 25.3 Å². The van der Waals surface area contributed by atoms with Gasteiger partial charge in [0.2, 0.25) is 0 Å². The molecule has 1 amide bonds. The van der Waals surface area contributed by atoms with Crippen LogP contribution >= 0.6 is 0 Å². The van der Waals surface area contributed by atoms with Gasteiger partial charge in [-0.3, -0.25) is 9.10 Å². The van der Waals surface area contributed by atoms with Crippen LogP contribution in [0.25, 0.3) is 0 Å². The topological polar surface area (TPSA) is 127 Å². The summed E-state index contributed by atoms with van der Waals surface area (Å²) in [6.45, 7) is 0. The number of rotatable bonds is 5. The van der Waals surface area contributed by atoms with Gasteiger partial charge < -0.3 is 9.84 Å². The van der Waals surface area contributed by atoms with Crippen molar-refractivity contribution < 1.29 is 30.5 Å². The molecule has 3 heterocycles. The first kappa shape index (κ1) is 24.1. The van der Waals surface area contributed by atoms with Crippen LogP contribution in [0.2, 0.25) is 0 Å². The minimum absolute atomic E-state index is 0.0427. The van der Waals surface area contributed by atoms with Gasteiger partial charge in [0, 0.05) is 17.0 Å². The smallest absolute Gasteiger partial charge is 0.264 e. The number of fused-ring (bicyclic) bond motifs is 2. The maximum Gasteiger partial charge on any atom is 0.264 e. The Bertz CT molecular complexity index is 1570. The van der Waals surface area contributed by atoms with Gasteiger partial charge in [-0.15, -0.1) is 0 Å². The first-order chi connectivity index (χ1) is 17.6. The van der Waals surface area contributed by atoms with Crippen LogP contribution in [0.1, 0.15) is 41.6 Å². The Morgan fingerprint density at radius 1 is 1.08 bits per heavy atom. The van der Waals surface area contributed by atoms with E-state index < -0.39 is 43.0 Å². The van der Waals surface area contributed by atoms with Crippen molar-refractivity contribution in [1.29, 1.82) is 0 Å². The molecule has 1 N–H and O–H groups in total. The normalized spacial score (nSPS) is 22.1. The molecule has 2 aromatic carbocycles. The van der Waals surface area contributed by atoms with Gasteiger partial charge >= 0.3 is 0 Å². The maximum absolute atomic E-state index is 14.0. The van der Waals surface area contributed by atoms with Crippen LogP contribution in [-0.4, -0.2) is 45.4 Å². The molecule has 194 valence electrons. The van der Waals surface area contributed by atoms with Gasteiger partial charge in [-0.1, -0.05) is 5.16 Å². The van der Waals surface area contributed by atoms with Crippen LogP contribution in [0.5, 0.6) is 0 Å². The van der Waals surface area contributed by atoms with E-state index in [1.54, 1.807) is 18.2 Å². The fourth-order valence-corrected chi connectivity index (χ4v) is 9.14. The number of carbonyl (C=O) groups is 1. The number of nitrogens with zero attached hydrogens (tertiary/aromatic N) is 2. The molecule has 1 aliphatic carbocycles. The molecule has 12 heteroatoms. The van der Waals surface area contributed by atoms with Crippen molar-refractivity contribution in [3.05, 3.63) is 71.7 Å². The minimum Gasteiger partial charge on any atom is -0.363 e.